The number of hydrogen-bond donors (Lipinski definition) is 2. The van der Waals surface area contributed by atoms with E-state index in [1.807, 2.05) is 24.4 Å². The molecule has 122 valence electrons. The fourth-order valence-corrected chi connectivity index (χ4v) is 2.85. The van der Waals surface area contributed by atoms with Crippen molar-refractivity contribution in [3.63, 3.8) is 0 Å². The van der Waals surface area contributed by atoms with Crippen LogP contribution in [0.5, 0.6) is 0 Å². The van der Waals surface area contributed by atoms with E-state index in [9.17, 15) is 15.2 Å². The number of benzene rings is 1. The van der Waals surface area contributed by atoms with Gasteiger partial charge in [0.05, 0.1) is 17.5 Å². The Bertz CT molecular complexity index is 967. The Balaban J connectivity index is 2.17. The molecule has 0 unspecified atom stereocenters. The zero-order chi connectivity index (χ0) is 17.5. The summed E-state index contributed by atoms with van der Waals surface area (Å²) in [6.07, 6.45) is 3.14. The lowest BCUT2D eigenvalue weighted by Gasteiger charge is -2.19. The van der Waals surface area contributed by atoms with Crippen molar-refractivity contribution in [2.45, 2.75) is 27.3 Å². The summed E-state index contributed by atoms with van der Waals surface area (Å²) in [4.78, 5) is 11.3. The Hall–Kier alpha value is -3.07. The molecule has 0 atom stereocenters. The Morgan fingerprint density at radius 1 is 1.42 bits per heavy atom. The Labute approximate surface area is 139 Å². The summed E-state index contributed by atoms with van der Waals surface area (Å²) < 4.78 is 2.07. The van der Waals surface area contributed by atoms with Crippen molar-refractivity contribution < 1.29 is 9.90 Å². The zero-order valence-corrected chi connectivity index (χ0v) is 13.8. The average Bonchev–Trinajstić information content (AvgIpc) is 3.10. The van der Waals surface area contributed by atoms with Gasteiger partial charge in [-0.1, -0.05) is 26.8 Å². The standard InChI is InChI=1S/C18H18N4O2/c1-18(2,3)10-22-9-12(7-19)13-6-11(4-5-15(13)22)16-14(17(23)24)8-20-21-16/h4-6,8-9H,10H2,1-3H3,(H,20,21)(H,23,24). The molecule has 2 aromatic heterocycles. The predicted octanol–water partition coefficient (Wildman–Crippen LogP) is 3.65. The highest BCUT2D eigenvalue weighted by atomic mass is 16.4. The first-order chi connectivity index (χ1) is 11.3. The zero-order valence-electron chi connectivity index (χ0n) is 13.8. The van der Waals surface area contributed by atoms with E-state index < -0.39 is 5.97 Å². The van der Waals surface area contributed by atoms with E-state index in [1.165, 1.54) is 6.20 Å². The SMILES string of the molecule is CC(C)(C)Cn1cc(C#N)c2cc(-c3[nH]ncc3C(=O)O)ccc21. The summed E-state index contributed by atoms with van der Waals surface area (Å²) >= 11 is 0. The number of nitrogens with one attached hydrogen (secondary N) is 1. The molecule has 3 rings (SSSR count). The third-order valence-corrected chi connectivity index (χ3v) is 3.80. The van der Waals surface area contributed by atoms with Crippen LogP contribution in [0.4, 0.5) is 0 Å². The fraction of sp³-hybridized carbons (Fsp3) is 0.278. The number of H-pyrrole nitrogens is 1. The van der Waals surface area contributed by atoms with Gasteiger partial charge in [0.1, 0.15) is 11.6 Å². The summed E-state index contributed by atoms with van der Waals surface area (Å²) in [5, 5.41) is 26.0. The van der Waals surface area contributed by atoms with Gasteiger partial charge in [-0.15, -0.1) is 0 Å². The van der Waals surface area contributed by atoms with Gasteiger partial charge in [-0.25, -0.2) is 4.79 Å². The van der Waals surface area contributed by atoms with Crippen molar-refractivity contribution in [3.8, 4) is 17.3 Å². The van der Waals surface area contributed by atoms with Gasteiger partial charge < -0.3 is 9.67 Å². The van der Waals surface area contributed by atoms with Crippen molar-refractivity contribution in [2.24, 2.45) is 5.41 Å². The van der Waals surface area contributed by atoms with E-state index in [0.717, 1.165) is 17.4 Å². The highest BCUT2D eigenvalue weighted by molar-refractivity contribution is 5.97. The molecule has 24 heavy (non-hydrogen) atoms. The van der Waals surface area contributed by atoms with Crippen LogP contribution in [0.1, 0.15) is 36.7 Å². The van der Waals surface area contributed by atoms with Crippen LogP contribution < -0.4 is 0 Å². The molecule has 6 nitrogen and oxygen atoms in total. The van der Waals surface area contributed by atoms with Crippen LogP contribution in [0.2, 0.25) is 0 Å². The molecule has 6 heteroatoms. The molecule has 0 amide bonds. The number of aromatic nitrogens is 3. The van der Waals surface area contributed by atoms with Crippen LogP contribution in [-0.4, -0.2) is 25.8 Å². The third-order valence-electron chi connectivity index (χ3n) is 3.80. The molecular weight excluding hydrogens is 304 g/mol. The van der Waals surface area contributed by atoms with Crippen molar-refractivity contribution >= 4 is 16.9 Å². The maximum Gasteiger partial charge on any atom is 0.339 e. The number of nitrogens with zero attached hydrogens (tertiary/aromatic N) is 3. The number of fused-ring (bicyclic) bond motifs is 1. The molecule has 0 saturated heterocycles. The normalized spacial score (nSPS) is 11.6. The number of nitriles is 1. The molecule has 1 aromatic carbocycles. The summed E-state index contributed by atoms with van der Waals surface area (Å²) in [6, 6.07) is 7.83. The van der Waals surface area contributed by atoms with Gasteiger partial charge in [0.2, 0.25) is 0 Å². The topological polar surface area (TPSA) is 94.7 Å². The lowest BCUT2D eigenvalue weighted by atomic mass is 9.97. The molecule has 0 bridgehead atoms. The maximum atomic E-state index is 11.3. The predicted molar refractivity (Wildman–Crippen MR) is 90.6 cm³/mol. The van der Waals surface area contributed by atoms with Crippen molar-refractivity contribution in [1.82, 2.24) is 14.8 Å². The smallest absolute Gasteiger partial charge is 0.339 e. The molecule has 0 fully saturated rings. The van der Waals surface area contributed by atoms with Gasteiger partial charge in [0.25, 0.3) is 0 Å². The Morgan fingerprint density at radius 3 is 2.79 bits per heavy atom. The van der Waals surface area contributed by atoms with Crippen molar-refractivity contribution in [1.29, 1.82) is 5.26 Å². The minimum atomic E-state index is -1.04. The summed E-state index contributed by atoms with van der Waals surface area (Å²) in [5.41, 5.74) is 2.87. The van der Waals surface area contributed by atoms with Crippen LogP contribution in [0.15, 0.2) is 30.6 Å². The fourth-order valence-electron chi connectivity index (χ4n) is 2.85. The first kappa shape index (κ1) is 15.8. The molecular formula is C18H18N4O2. The second-order valence-corrected chi connectivity index (χ2v) is 7.04. The van der Waals surface area contributed by atoms with Crippen LogP contribution in [0, 0.1) is 16.7 Å². The number of hydrogen-bond acceptors (Lipinski definition) is 3. The summed E-state index contributed by atoms with van der Waals surface area (Å²) in [7, 11) is 0. The minimum Gasteiger partial charge on any atom is -0.478 e. The van der Waals surface area contributed by atoms with E-state index in [-0.39, 0.29) is 11.0 Å². The number of carbonyl (C=O) groups is 1. The van der Waals surface area contributed by atoms with Crippen LogP contribution in [0.3, 0.4) is 0 Å². The van der Waals surface area contributed by atoms with Gasteiger partial charge in [-0.3, -0.25) is 5.10 Å². The molecule has 0 spiro atoms. The minimum absolute atomic E-state index is 0.0806. The summed E-state index contributed by atoms with van der Waals surface area (Å²) in [6.45, 7) is 7.21. The number of carboxylic acids is 1. The van der Waals surface area contributed by atoms with E-state index in [1.54, 1.807) is 0 Å². The average molecular weight is 322 g/mol. The Morgan fingerprint density at radius 2 is 2.17 bits per heavy atom. The quantitative estimate of drug-likeness (QED) is 0.769. The molecule has 0 saturated carbocycles. The monoisotopic (exact) mass is 322 g/mol. The Kier molecular flexibility index (Phi) is 3.64. The van der Waals surface area contributed by atoms with Gasteiger partial charge in [-0.05, 0) is 17.5 Å². The molecule has 0 radical (unpaired) electrons. The molecule has 0 aliphatic heterocycles. The first-order valence-corrected chi connectivity index (χ1v) is 7.60. The van der Waals surface area contributed by atoms with Gasteiger partial charge in [0, 0.05) is 29.2 Å². The summed E-state index contributed by atoms with van der Waals surface area (Å²) in [5.74, 6) is -1.04. The number of aromatic amines is 1. The van der Waals surface area contributed by atoms with E-state index >= 15 is 0 Å². The highest BCUT2D eigenvalue weighted by Crippen LogP contribution is 2.30. The molecule has 0 aliphatic rings. The number of carboxylic acid groups (broad SMARTS) is 1. The van der Waals surface area contributed by atoms with Gasteiger partial charge >= 0.3 is 5.97 Å². The third kappa shape index (κ3) is 2.76. The molecule has 2 heterocycles. The first-order valence-electron chi connectivity index (χ1n) is 7.60. The second-order valence-electron chi connectivity index (χ2n) is 7.04. The number of rotatable bonds is 3. The lowest BCUT2D eigenvalue weighted by Crippen LogP contribution is -2.14. The largest absolute Gasteiger partial charge is 0.478 e. The van der Waals surface area contributed by atoms with Crippen molar-refractivity contribution in [2.75, 3.05) is 0 Å². The second kappa shape index (κ2) is 5.53. The molecule has 0 aliphatic carbocycles. The van der Waals surface area contributed by atoms with E-state index in [0.29, 0.717) is 16.8 Å². The maximum absolute atomic E-state index is 11.3. The van der Waals surface area contributed by atoms with Crippen molar-refractivity contribution in [3.05, 3.63) is 41.7 Å². The van der Waals surface area contributed by atoms with Crippen LogP contribution >= 0.6 is 0 Å². The van der Waals surface area contributed by atoms with Crippen LogP contribution in [0.25, 0.3) is 22.2 Å². The lowest BCUT2D eigenvalue weighted by molar-refractivity contribution is 0.0698. The highest BCUT2D eigenvalue weighted by Gasteiger charge is 2.18. The number of aromatic carboxylic acids is 1. The molecule has 3 aromatic rings. The van der Waals surface area contributed by atoms with E-state index in [4.69, 9.17) is 0 Å². The van der Waals surface area contributed by atoms with Crippen LogP contribution in [-0.2, 0) is 6.54 Å². The molecule has 2 N–H and O–H groups in total. The van der Waals surface area contributed by atoms with E-state index in [2.05, 4.69) is 41.6 Å². The van der Waals surface area contributed by atoms with Gasteiger partial charge in [0.15, 0.2) is 0 Å². The van der Waals surface area contributed by atoms with Gasteiger partial charge in [-0.2, -0.15) is 10.4 Å².